The number of aromatic nitrogens is 1. The topological polar surface area (TPSA) is 75.4 Å². The third-order valence-electron chi connectivity index (χ3n) is 6.12. The summed E-state index contributed by atoms with van der Waals surface area (Å²) < 4.78 is 5.58. The Morgan fingerprint density at radius 3 is 2.59 bits per heavy atom. The van der Waals surface area contributed by atoms with Crippen LogP contribution >= 0.6 is 0 Å². The van der Waals surface area contributed by atoms with Crippen molar-refractivity contribution in [2.75, 3.05) is 5.32 Å². The van der Waals surface area contributed by atoms with Crippen molar-refractivity contribution in [3.05, 3.63) is 87.7 Å². The number of hydrogen-bond donors (Lipinski definition) is 2. The fraction of sp³-hybridized carbons (Fsp3) is 0.250. The first-order valence-corrected chi connectivity index (χ1v) is 9.87. The molecule has 0 amide bonds. The van der Waals surface area contributed by atoms with Gasteiger partial charge in [-0.15, -0.1) is 0 Å². The third-order valence-corrected chi connectivity index (χ3v) is 6.12. The van der Waals surface area contributed by atoms with E-state index in [1.165, 1.54) is 0 Å². The molecule has 1 aliphatic carbocycles. The van der Waals surface area contributed by atoms with Crippen LogP contribution in [0.5, 0.6) is 5.75 Å². The number of nitrogens with one attached hydrogen (secondary N) is 1. The first kappa shape index (κ1) is 17.7. The normalized spacial score (nSPS) is 20.8. The molecule has 2 atom stereocenters. The van der Waals surface area contributed by atoms with Gasteiger partial charge in [-0.25, -0.2) is 0 Å². The van der Waals surface area contributed by atoms with Gasteiger partial charge in [-0.05, 0) is 55.0 Å². The van der Waals surface area contributed by atoms with Gasteiger partial charge in [-0.2, -0.15) is 0 Å². The minimum atomic E-state index is -0.165. The molecule has 2 aliphatic rings. The van der Waals surface area contributed by atoms with E-state index in [2.05, 4.69) is 29.5 Å². The summed E-state index contributed by atoms with van der Waals surface area (Å²) in [5, 5.41) is 17.1. The Hall–Kier alpha value is -3.34. The number of phenolic OH excluding ortho intramolecular Hbond substituents is 1. The molecule has 0 unspecified atom stereocenters. The van der Waals surface area contributed by atoms with E-state index < -0.39 is 0 Å². The number of hydrogen-bond acceptors (Lipinski definition) is 5. The molecular formula is C24H22N2O3. The van der Waals surface area contributed by atoms with Crippen LogP contribution in [0.2, 0.25) is 0 Å². The first-order chi connectivity index (χ1) is 14.0. The van der Waals surface area contributed by atoms with Crippen molar-refractivity contribution in [1.82, 2.24) is 5.16 Å². The van der Waals surface area contributed by atoms with Crippen LogP contribution in [0.4, 0.5) is 5.88 Å². The number of fused-ring (bicyclic) bond motifs is 1. The highest BCUT2D eigenvalue weighted by Crippen LogP contribution is 2.49. The number of aryl methyl sites for hydroxylation is 2. The lowest BCUT2D eigenvalue weighted by atomic mass is 9.72. The number of rotatable bonds is 2. The van der Waals surface area contributed by atoms with Crippen molar-refractivity contribution in [3.8, 4) is 5.75 Å². The van der Waals surface area contributed by atoms with E-state index in [0.29, 0.717) is 18.7 Å². The maximum Gasteiger partial charge on any atom is 0.233 e. The van der Waals surface area contributed by atoms with E-state index in [-0.39, 0.29) is 23.4 Å². The SMILES string of the molecule is Cc1ccccc1[C@@H]1C2=C(C[C@H](c3ccc(O)cc3)CC2=O)Nc2onc(C)c21. The molecule has 0 bridgehead atoms. The zero-order chi connectivity index (χ0) is 20.1. The summed E-state index contributed by atoms with van der Waals surface area (Å²) in [7, 11) is 0. The smallest absolute Gasteiger partial charge is 0.233 e. The summed E-state index contributed by atoms with van der Waals surface area (Å²) in [5.74, 6) is 0.914. The number of allylic oxidation sites excluding steroid dienone is 2. The molecule has 0 radical (unpaired) electrons. The first-order valence-electron chi connectivity index (χ1n) is 9.87. The molecule has 0 spiro atoms. The van der Waals surface area contributed by atoms with Crippen LogP contribution in [-0.2, 0) is 4.79 Å². The molecular weight excluding hydrogens is 364 g/mol. The molecule has 2 heterocycles. The number of anilines is 1. The van der Waals surface area contributed by atoms with Gasteiger partial charge < -0.3 is 14.9 Å². The number of phenols is 1. The Bertz CT molecular complexity index is 1140. The maximum absolute atomic E-state index is 13.4. The molecule has 5 rings (SSSR count). The van der Waals surface area contributed by atoms with Crippen LogP contribution in [0.3, 0.4) is 0 Å². The number of ketones is 1. The summed E-state index contributed by atoms with van der Waals surface area (Å²) in [4.78, 5) is 13.4. The van der Waals surface area contributed by atoms with Crippen LogP contribution in [0.25, 0.3) is 0 Å². The lowest BCUT2D eigenvalue weighted by molar-refractivity contribution is -0.116. The summed E-state index contributed by atoms with van der Waals surface area (Å²) >= 11 is 0. The Kier molecular flexibility index (Phi) is 4.05. The van der Waals surface area contributed by atoms with Crippen LogP contribution < -0.4 is 5.32 Å². The van der Waals surface area contributed by atoms with E-state index >= 15 is 0 Å². The lowest BCUT2D eigenvalue weighted by Gasteiger charge is -2.35. The average molecular weight is 386 g/mol. The van der Waals surface area contributed by atoms with Crippen LogP contribution in [0.1, 0.15) is 52.6 Å². The van der Waals surface area contributed by atoms with E-state index in [1.807, 2.05) is 31.2 Å². The minimum Gasteiger partial charge on any atom is -0.508 e. The van der Waals surface area contributed by atoms with E-state index in [0.717, 1.165) is 39.2 Å². The molecule has 0 saturated carbocycles. The highest BCUT2D eigenvalue weighted by Gasteiger charge is 2.41. The Morgan fingerprint density at radius 1 is 1.07 bits per heavy atom. The third kappa shape index (κ3) is 2.85. The zero-order valence-corrected chi connectivity index (χ0v) is 16.4. The average Bonchev–Trinajstić information content (AvgIpc) is 3.08. The number of nitrogens with zero attached hydrogens (tertiary/aromatic N) is 1. The number of carbonyl (C=O) groups excluding carboxylic acids is 1. The standard InChI is InChI=1S/C24H22N2O3/c1-13-5-3-4-6-18(13)22-21-14(2)26-29-24(21)25-19-11-16(12-20(28)23(19)22)15-7-9-17(27)10-8-15/h3-10,16,22,25,27H,11-12H2,1-2H3/t16-,22-/m0/s1. The highest BCUT2D eigenvalue weighted by molar-refractivity contribution is 6.01. The monoisotopic (exact) mass is 386 g/mol. The second-order valence-corrected chi connectivity index (χ2v) is 7.94. The van der Waals surface area contributed by atoms with Crippen LogP contribution in [-0.4, -0.2) is 16.0 Å². The molecule has 5 heteroatoms. The molecule has 1 aromatic heterocycles. The second-order valence-electron chi connectivity index (χ2n) is 7.94. The van der Waals surface area contributed by atoms with Gasteiger partial charge in [0, 0.05) is 23.6 Å². The molecule has 29 heavy (non-hydrogen) atoms. The molecule has 2 N–H and O–H groups in total. The number of Topliss-reactive ketones (excluding diaryl/α,β-unsaturated/α-hetero) is 1. The van der Waals surface area contributed by atoms with Crippen molar-refractivity contribution < 1.29 is 14.4 Å². The van der Waals surface area contributed by atoms with Crippen molar-refractivity contribution in [1.29, 1.82) is 0 Å². The molecule has 0 fully saturated rings. The zero-order valence-electron chi connectivity index (χ0n) is 16.4. The Morgan fingerprint density at radius 2 is 1.83 bits per heavy atom. The molecule has 2 aromatic carbocycles. The predicted octanol–water partition coefficient (Wildman–Crippen LogP) is 4.96. The lowest BCUT2D eigenvalue weighted by Crippen LogP contribution is -2.29. The van der Waals surface area contributed by atoms with Crippen molar-refractivity contribution in [3.63, 3.8) is 0 Å². The van der Waals surface area contributed by atoms with Crippen molar-refractivity contribution in [2.45, 2.75) is 38.5 Å². The van der Waals surface area contributed by atoms with Gasteiger partial charge in [0.25, 0.3) is 0 Å². The molecule has 0 saturated heterocycles. The second kappa shape index (κ2) is 6.62. The number of carbonyl (C=O) groups is 1. The Balaban J connectivity index is 1.63. The summed E-state index contributed by atoms with van der Waals surface area (Å²) in [5.41, 5.74) is 6.81. The maximum atomic E-state index is 13.4. The van der Waals surface area contributed by atoms with E-state index in [1.54, 1.807) is 12.1 Å². The number of benzene rings is 2. The largest absolute Gasteiger partial charge is 0.508 e. The molecule has 5 nitrogen and oxygen atoms in total. The minimum absolute atomic E-state index is 0.0671. The highest BCUT2D eigenvalue weighted by atomic mass is 16.5. The number of aromatic hydroxyl groups is 1. The van der Waals surface area contributed by atoms with E-state index in [4.69, 9.17) is 4.52 Å². The predicted molar refractivity (Wildman–Crippen MR) is 110 cm³/mol. The van der Waals surface area contributed by atoms with Crippen LogP contribution in [0, 0.1) is 13.8 Å². The summed E-state index contributed by atoms with van der Waals surface area (Å²) in [6.45, 7) is 4.00. The fourth-order valence-electron chi connectivity index (χ4n) is 4.68. The quantitative estimate of drug-likeness (QED) is 0.651. The van der Waals surface area contributed by atoms with Gasteiger partial charge in [-0.1, -0.05) is 41.6 Å². The molecule has 1 aliphatic heterocycles. The van der Waals surface area contributed by atoms with Crippen molar-refractivity contribution >= 4 is 11.7 Å². The van der Waals surface area contributed by atoms with Crippen molar-refractivity contribution in [2.24, 2.45) is 0 Å². The van der Waals surface area contributed by atoms with E-state index in [9.17, 15) is 9.90 Å². The van der Waals surface area contributed by atoms with Gasteiger partial charge in [0.2, 0.25) is 5.88 Å². The fourth-order valence-corrected chi connectivity index (χ4v) is 4.68. The molecule has 3 aromatic rings. The molecule has 146 valence electrons. The summed E-state index contributed by atoms with van der Waals surface area (Å²) in [6.07, 6.45) is 1.17. The summed E-state index contributed by atoms with van der Waals surface area (Å²) in [6, 6.07) is 15.3. The van der Waals surface area contributed by atoms with Gasteiger partial charge in [0.1, 0.15) is 5.75 Å². The van der Waals surface area contributed by atoms with Crippen LogP contribution in [0.15, 0.2) is 64.3 Å². The van der Waals surface area contributed by atoms with Gasteiger partial charge in [0.05, 0.1) is 11.3 Å². The van der Waals surface area contributed by atoms with Gasteiger partial charge in [-0.3, -0.25) is 4.79 Å². The van der Waals surface area contributed by atoms with Gasteiger partial charge >= 0.3 is 0 Å². The Labute approximate surface area is 169 Å². The van der Waals surface area contributed by atoms with Gasteiger partial charge in [0.15, 0.2) is 5.78 Å².